The van der Waals surface area contributed by atoms with Crippen LogP contribution in [-0.4, -0.2) is 55.7 Å². The van der Waals surface area contributed by atoms with E-state index >= 15 is 0 Å². The molecule has 7 nitrogen and oxygen atoms in total. The number of anilines is 5. The van der Waals surface area contributed by atoms with E-state index in [2.05, 4.69) is 32.1 Å². The SMILES string of the molecule is CCN(CCN(C)c1nc(Nc2ccc(F)c(C)c2)cc(N(C)C)n1)c1ccccn1. The molecule has 164 valence electrons. The summed E-state index contributed by atoms with van der Waals surface area (Å²) in [5.41, 5.74) is 1.36. The van der Waals surface area contributed by atoms with Crippen molar-refractivity contribution < 1.29 is 4.39 Å². The number of likely N-dealkylation sites (N-methyl/N-ethyl adjacent to an activating group) is 2. The van der Waals surface area contributed by atoms with Gasteiger partial charge in [0.1, 0.15) is 23.3 Å². The van der Waals surface area contributed by atoms with E-state index in [1.54, 1.807) is 25.3 Å². The van der Waals surface area contributed by atoms with Crippen LogP contribution < -0.4 is 20.0 Å². The smallest absolute Gasteiger partial charge is 0.229 e. The Balaban J connectivity index is 1.78. The zero-order chi connectivity index (χ0) is 22.4. The normalized spacial score (nSPS) is 10.6. The Morgan fingerprint density at radius 1 is 0.968 bits per heavy atom. The monoisotopic (exact) mass is 423 g/mol. The highest BCUT2D eigenvalue weighted by atomic mass is 19.1. The minimum Gasteiger partial charge on any atom is -0.363 e. The minimum absolute atomic E-state index is 0.226. The lowest BCUT2D eigenvalue weighted by Gasteiger charge is -2.26. The molecule has 0 spiro atoms. The Morgan fingerprint density at radius 3 is 2.42 bits per heavy atom. The fourth-order valence-electron chi connectivity index (χ4n) is 3.10. The van der Waals surface area contributed by atoms with Gasteiger partial charge in [0.15, 0.2) is 0 Å². The predicted octanol–water partition coefficient (Wildman–Crippen LogP) is 4.09. The van der Waals surface area contributed by atoms with Crippen molar-refractivity contribution in [2.24, 2.45) is 0 Å². The first kappa shape index (κ1) is 22.3. The van der Waals surface area contributed by atoms with Crippen molar-refractivity contribution in [2.75, 3.05) is 60.8 Å². The maximum absolute atomic E-state index is 13.6. The van der Waals surface area contributed by atoms with Crippen molar-refractivity contribution in [3.63, 3.8) is 0 Å². The molecule has 0 aliphatic carbocycles. The second-order valence-electron chi connectivity index (χ2n) is 7.58. The molecular formula is C23H30FN7. The van der Waals surface area contributed by atoms with Gasteiger partial charge in [-0.25, -0.2) is 9.37 Å². The number of hydrogen-bond donors (Lipinski definition) is 1. The summed E-state index contributed by atoms with van der Waals surface area (Å²) in [6, 6.07) is 12.7. The predicted molar refractivity (Wildman–Crippen MR) is 126 cm³/mol. The number of rotatable bonds is 9. The highest BCUT2D eigenvalue weighted by Crippen LogP contribution is 2.23. The fraction of sp³-hybridized carbons (Fsp3) is 0.348. The van der Waals surface area contributed by atoms with Crippen LogP contribution in [0.3, 0.4) is 0 Å². The summed E-state index contributed by atoms with van der Waals surface area (Å²) in [6.07, 6.45) is 1.81. The zero-order valence-electron chi connectivity index (χ0n) is 18.8. The third-order valence-corrected chi connectivity index (χ3v) is 4.99. The first-order valence-corrected chi connectivity index (χ1v) is 10.3. The molecular weight excluding hydrogens is 393 g/mol. The molecule has 2 aromatic heterocycles. The van der Waals surface area contributed by atoms with Crippen molar-refractivity contribution in [3.05, 3.63) is 60.0 Å². The molecule has 3 rings (SSSR count). The summed E-state index contributed by atoms with van der Waals surface area (Å²) >= 11 is 0. The molecule has 0 atom stereocenters. The summed E-state index contributed by atoms with van der Waals surface area (Å²) in [6.45, 7) is 6.24. The molecule has 0 amide bonds. The van der Waals surface area contributed by atoms with Crippen molar-refractivity contribution in [1.29, 1.82) is 0 Å². The Labute approximate surface area is 183 Å². The number of nitrogens with one attached hydrogen (secondary N) is 1. The molecule has 31 heavy (non-hydrogen) atoms. The van der Waals surface area contributed by atoms with Gasteiger partial charge in [0.2, 0.25) is 5.95 Å². The molecule has 3 aromatic rings. The van der Waals surface area contributed by atoms with Crippen LogP contribution in [0.2, 0.25) is 0 Å². The third kappa shape index (κ3) is 5.81. The van der Waals surface area contributed by atoms with Gasteiger partial charge in [-0.15, -0.1) is 0 Å². The van der Waals surface area contributed by atoms with Gasteiger partial charge in [-0.05, 0) is 49.7 Å². The van der Waals surface area contributed by atoms with E-state index in [4.69, 9.17) is 0 Å². The zero-order valence-corrected chi connectivity index (χ0v) is 18.8. The summed E-state index contributed by atoms with van der Waals surface area (Å²) in [4.78, 5) is 20.0. The largest absolute Gasteiger partial charge is 0.363 e. The van der Waals surface area contributed by atoms with Crippen LogP contribution in [0, 0.1) is 12.7 Å². The molecule has 8 heteroatoms. The summed E-state index contributed by atoms with van der Waals surface area (Å²) in [7, 11) is 5.86. The van der Waals surface area contributed by atoms with Crippen LogP contribution in [0.4, 0.5) is 33.5 Å². The Bertz CT molecular complexity index is 994. The maximum Gasteiger partial charge on any atom is 0.229 e. The number of halogens is 1. The molecule has 0 unspecified atom stereocenters. The lowest BCUT2D eigenvalue weighted by atomic mass is 10.2. The van der Waals surface area contributed by atoms with E-state index < -0.39 is 0 Å². The molecule has 0 aliphatic rings. The van der Waals surface area contributed by atoms with E-state index in [1.165, 1.54) is 6.07 Å². The lowest BCUT2D eigenvalue weighted by Crippen LogP contribution is -2.34. The second kappa shape index (κ2) is 10.1. The van der Waals surface area contributed by atoms with Crippen LogP contribution in [-0.2, 0) is 0 Å². The van der Waals surface area contributed by atoms with Crippen LogP contribution >= 0.6 is 0 Å². The lowest BCUT2D eigenvalue weighted by molar-refractivity contribution is 0.619. The highest BCUT2D eigenvalue weighted by molar-refractivity contribution is 5.62. The van der Waals surface area contributed by atoms with Gasteiger partial charge in [0.05, 0.1) is 0 Å². The Hall–Kier alpha value is -3.42. The molecule has 1 N–H and O–H groups in total. The van der Waals surface area contributed by atoms with Crippen molar-refractivity contribution >= 4 is 29.1 Å². The first-order valence-electron chi connectivity index (χ1n) is 10.3. The van der Waals surface area contributed by atoms with Crippen molar-refractivity contribution in [1.82, 2.24) is 15.0 Å². The average Bonchev–Trinajstić information content (AvgIpc) is 2.77. The summed E-state index contributed by atoms with van der Waals surface area (Å²) in [5, 5.41) is 3.27. The summed E-state index contributed by atoms with van der Waals surface area (Å²) in [5.74, 6) is 2.79. The maximum atomic E-state index is 13.6. The van der Waals surface area contributed by atoms with E-state index in [9.17, 15) is 4.39 Å². The van der Waals surface area contributed by atoms with Crippen LogP contribution in [0.5, 0.6) is 0 Å². The molecule has 1 aromatic carbocycles. The number of pyridine rings is 1. The van der Waals surface area contributed by atoms with Crippen molar-refractivity contribution in [3.8, 4) is 0 Å². The van der Waals surface area contributed by atoms with Gasteiger partial charge in [-0.2, -0.15) is 9.97 Å². The average molecular weight is 424 g/mol. The van der Waals surface area contributed by atoms with E-state index in [0.29, 0.717) is 17.3 Å². The molecule has 2 heterocycles. The van der Waals surface area contributed by atoms with E-state index in [-0.39, 0.29) is 5.82 Å². The molecule has 0 fully saturated rings. The molecule has 0 bridgehead atoms. The number of nitrogens with zero attached hydrogens (tertiary/aromatic N) is 6. The molecule has 0 aliphatic heterocycles. The number of benzene rings is 1. The van der Waals surface area contributed by atoms with Gasteiger partial charge in [-0.3, -0.25) is 0 Å². The van der Waals surface area contributed by atoms with Gasteiger partial charge in [0, 0.05) is 58.7 Å². The van der Waals surface area contributed by atoms with Gasteiger partial charge in [0.25, 0.3) is 0 Å². The van der Waals surface area contributed by atoms with Gasteiger partial charge in [-0.1, -0.05) is 6.07 Å². The molecule has 0 saturated heterocycles. The first-order chi connectivity index (χ1) is 14.9. The van der Waals surface area contributed by atoms with E-state index in [1.807, 2.05) is 55.2 Å². The summed E-state index contributed by atoms with van der Waals surface area (Å²) < 4.78 is 13.6. The minimum atomic E-state index is -0.226. The number of hydrogen-bond acceptors (Lipinski definition) is 7. The van der Waals surface area contributed by atoms with Gasteiger partial charge >= 0.3 is 0 Å². The Kier molecular flexibility index (Phi) is 7.23. The molecule has 0 radical (unpaired) electrons. The van der Waals surface area contributed by atoms with Crippen LogP contribution in [0.1, 0.15) is 12.5 Å². The van der Waals surface area contributed by atoms with Crippen molar-refractivity contribution in [2.45, 2.75) is 13.8 Å². The number of aryl methyl sites for hydroxylation is 1. The van der Waals surface area contributed by atoms with Crippen LogP contribution in [0.15, 0.2) is 48.7 Å². The van der Waals surface area contributed by atoms with Gasteiger partial charge < -0.3 is 20.0 Å². The van der Waals surface area contributed by atoms with E-state index in [0.717, 1.165) is 37.0 Å². The second-order valence-corrected chi connectivity index (χ2v) is 7.58. The highest BCUT2D eigenvalue weighted by Gasteiger charge is 2.13. The van der Waals surface area contributed by atoms with Crippen LogP contribution in [0.25, 0.3) is 0 Å². The molecule has 0 saturated carbocycles. The number of aromatic nitrogens is 3. The topological polar surface area (TPSA) is 60.4 Å². The standard InChI is InChI=1S/C23H30FN7/c1-6-31(21-9-7-8-12-25-21)14-13-30(5)23-27-20(16-22(28-23)29(3)4)26-18-10-11-19(24)17(2)15-18/h7-12,15-16H,6,13-14H2,1-5H3,(H,26,27,28). The third-order valence-electron chi connectivity index (χ3n) is 4.99. The fourth-order valence-corrected chi connectivity index (χ4v) is 3.10. The Morgan fingerprint density at radius 2 is 1.77 bits per heavy atom. The quantitative estimate of drug-likeness (QED) is 0.556.